The van der Waals surface area contributed by atoms with Crippen molar-refractivity contribution in [1.82, 2.24) is 0 Å². The van der Waals surface area contributed by atoms with Crippen molar-refractivity contribution in [2.24, 2.45) is 11.3 Å². The van der Waals surface area contributed by atoms with Gasteiger partial charge in [-0.2, -0.15) is 0 Å². The second kappa shape index (κ2) is 1.28. The summed E-state index contributed by atoms with van der Waals surface area (Å²) in [4.78, 5) is 11.7. The Balaban J connectivity index is 2.15. The maximum Gasteiger partial charge on any atom is 0.172 e. The van der Waals surface area contributed by atoms with Gasteiger partial charge < -0.3 is 4.74 Å². The zero-order chi connectivity index (χ0) is 7.85. The molecule has 3 rings (SSSR count). The van der Waals surface area contributed by atoms with Crippen molar-refractivity contribution in [3.63, 3.8) is 0 Å². The fourth-order valence-corrected chi connectivity index (χ4v) is 3.33. The third-order valence-corrected chi connectivity index (χ3v) is 3.78. The van der Waals surface area contributed by atoms with Gasteiger partial charge in [0.05, 0.1) is 11.5 Å². The van der Waals surface area contributed by atoms with E-state index in [0.29, 0.717) is 11.7 Å². The van der Waals surface area contributed by atoms with Gasteiger partial charge in [-0.1, -0.05) is 0 Å². The second-order valence-corrected chi connectivity index (χ2v) is 4.68. The first-order valence-corrected chi connectivity index (χ1v) is 4.29. The van der Waals surface area contributed by atoms with Crippen LogP contribution in [0, 0.1) is 11.3 Å². The number of rotatable bonds is 0. The third-order valence-electron chi connectivity index (χ3n) is 3.78. The average Bonchev–Trinajstić information content (AvgIpc) is 2.27. The van der Waals surface area contributed by atoms with Gasteiger partial charge >= 0.3 is 0 Å². The highest BCUT2D eigenvalue weighted by Gasteiger charge is 2.73. The van der Waals surface area contributed by atoms with Gasteiger partial charge in [0.25, 0.3) is 0 Å². The topological polar surface area (TPSA) is 26.3 Å². The molecule has 0 aromatic carbocycles. The lowest BCUT2D eigenvalue weighted by Crippen LogP contribution is -2.56. The van der Waals surface area contributed by atoms with E-state index in [2.05, 4.69) is 6.92 Å². The molecular weight excluding hydrogens is 140 g/mol. The monoisotopic (exact) mass is 152 g/mol. The highest BCUT2D eigenvalue weighted by atomic mass is 16.5. The summed E-state index contributed by atoms with van der Waals surface area (Å²) in [5, 5.41) is 0. The van der Waals surface area contributed by atoms with Gasteiger partial charge in [0, 0.05) is 0 Å². The molecule has 2 heteroatoms. The molecule has 0 amide bonds. The Kier molecular flexibility index (Phi) is 0.722. The normalized spacial score (nSPS) is 65.1. The molecule has 2 nitrogen and oxygen atoms in total. The van der Waals surface area contributed by atoms with E-state index in [0.717, 1.165) is 12.8 Å². The Morgan fingerprint density at radius 2 is 2.18 bits per heavy atom. The van der Waals surface area contributed by atoms with Gasteiger partial charge in [-0.3, -0.25) is 4.79 Å². The van der Waals surface area contributed by atoms with Crippen LogP contribution < -0.4 is 0 Å². The fraction of sp³-hybridized carbons (Fsp3) is 0.889. The van der Waals surface area contributed by atoms with Crippen molar-refractivity contribution in [2.45, 2.75) is 38.4 Å². The summed E-state index contributed by atoms with van der Waals surface area (Å²) in [5.41, 5.74) is -0.472. The Labute approximate surface area is 65.9 Å². The van der Waals surface area contributed by atoms with Crippen LogP contribution in [-0.2, 0) is 9.53 Å². The van der Waals surface area contributed by atoms with Crippen LogP contribution in [-0.4, -0.2) is 17.5 Å². The number of fused-ring (bicyclic) bond motifs is 1. The minimum atomic E-state index is -0.387. The zero-order valence-corrected chi connectivity index (χ0v) is 6.89. The smallest absolute Gasteiger partial charge is 0.172 e. The molecule has 0 radical (unpaired) electrons. The summed E-state index contributed by atoms with van der Waals surface area (Å²) in [7, 11) is 0. The first kappa shape index (κ1) is 6.18. The summed E-state index contributed by atoms with van der Waals surface area (Å²) < 4.78 is 5.69. The number of ether oxygens (including phenoxy) is 1. The molecular formula is C9H12O2. The average molecular weight is 152 g/mol. The molecule has 0 aromatic heterocycles. The van der Waals surface area contributed by atoms with Gasteiger partial charge in [0.1, 0.15) is 5.60 Å². The van der Waals surface area contributed by atoms with Gasteiger partial charge in [-0.05, 0) is 32.6 Å². The lowest BCUT2D eigenvalue weighted by atomic mass is 9.52. The minimum Gasteiger partial charge on any atom is -0.363 e. The SMILES string of the molecule is CC12CC3CC(C)(C1=O)C3O2. The molecule has 4 atom stereocenters. The highest BCUT2D eigenvalue weighted by Crippen LogP contribution is 2.65. The van der Waals surface area contributed by atoms with E-state index in [9.17, 15) is 4.79 Å². The second-order valence-electron chi connectivity index (χ2n) is 4.68. The fourth-order valence-electron chi connectivity index (χ4n) is 3.33. The number of Topliss-reactive ketones (excluding diaryl/α,β-unsaturated/α-hetero) is 1. The zero-order valence-electron chi connectivity index (χ0n) is 6.89. The summed E-state index contributed by atoms with van der Waals surface area (Å²) in [6, 6.07) is 0. The predicted octanol–water partition coefficient (Wildman–Crippen LogP) is 1.14. The van der Waals surface area contributed by atoms with E-state index in [-0.39, 0.29) is 17.1 Å². The van der Waals surface area contributed by atoms with E-state index in [1.165, 1.54) is 0 Å². The van der Waals surface area contributed by atoms with Crippen LogP contribution in [0.25, 0.3) is 0 Å². The molecule has 2 heterocycles. The molecule has 0 spiro atoms. The van der Waals surface area contributed by atoms with Crippen molar-refractivity contribution < 1.29 is 9.53 Å². The molecule has 1 aliphatic carbocycles. The standard InChI is InChI=1S/C9H12O2/c1-8-3-5-4-9(2,7(8)10)11-6(5)8/h5-6H,3-4H2,1-2H3. The minimum absolute atomic E-state index is 0.0856. The molecule has 0 aromatic rings. The van der Waals surface area contributed by atoms with Crippen molar-refractivity contribution >= 4 is 5.78 Å². The van der Waals surface area contributed by atoms with E-state index in [1.807, 2.05) is 6.92 Å². The number of carbonyl (C=O) groups excluding carboxylic acids is 1. The van der Waals surface area contributed by atoms with Crippen LogP contribution in [0.5, 0.6) is 0 Å². The molecule has 1 saturated carbocycles. The maximum absolute atomic E-state index is 11.7. The molecule has 2 bridgehead atoms. The van der Waals surface area contributed by atoms with E-state index in [1.54, 1.807) is 0 Å². The molecule has 60 valence electrons. The van der Waals surface area contributed by atoms with Crippen LogP contribution in [0.4, 0.5) is 0 Å². The maximum atomic E-state index is 11.7. The quantitative estimate of drug-likeness (QED) is 0.520. The van der Waals surface area contributed by atoms with Crippen LogP contribution in [0.1, 0.15) is 26.7 Å². The lowest BCUT2D eigenvalue weighted by Gasteiger charge is -2.47. The van der Waals surface area contributed by atoms with Crippen LogP contribution >= 0.6 is 0 Å². The first-order valence-electron chi connectivity index (χ1n) is 4.29. The number of hydrogen-bond acceptors (Lipinski definition) is 2. The van der Waals surface area contributed by atoms with Gasteiger partial charge in [0.2, 0.25) is 0 Å². The molecule has 3 aliphatic rings. The number of hydrogen-bond donors (Lipinski definition) is 0. The Morgan fingerprint density at radius 1 is 1.45 bits per heavy atom. The van der Waals surface area contributed by atoms with E-state index in [4.69, 9.17) is 4.74 Å². The molecule has 0 N–H and O–H groups in total. The molecule has 4 unspecified atom stereocenters. The first-order chi connectivity index (χ1) is 5.06. The molecule has 2 saturated heterocycles. The number of carbonyl (C=O) groups is 1. The van der Waals surface area contributed by atoms with Crippen molar-refractivity contribution in [2.75, 3.05) is 0 Å². The lowest BCUT2D eigenvalue weighted by molar-refractivity contribution is -0.140. The van der Waals surface area contributed by atoms with Crippen LogP contribution in [0.3, 0.4) is 0 Å². The van der Waals surface area contributed by atoms with Gasteiger partial charge in [-0.25, -0.2) is 0 Å². The van der Waals surface area contributed by atoms with E-state index < -0.39 is 0 Å². The molecule has 3 fully saturated rings. The number of ketones is 1. The molecule has 11 heavy (non-hydrogen) atoms. The van der Waals surface area contributed by atoms with Crippen molar-refractivity contribution in [1.29, 1.82) is 0 Å². The summed E-state index contributed by atoms with van der Waals surface area (Å²) in [6.07, 6.45) is 2.33. The summed E-state index contributed by atoms with van der Waals surface area (Å²) in [6.45, 7) is 4.01. The Morgan fingerprint density at radius 3 is 2.55 bits per heavy atom. The van der Waals surface area contributed by atoms with Crippen molar-refractivity contribution in [3.8, 4) is 0 Å². The van der Waals surface area contributed by atoms with Crippen LogP contribution in [0.2, 0.25) is 0 Å². The van der Waals surface area contributed by atoms with Gasteiger partial charge in [-0.15, -0.1) is 0 Å². The summed E-state index contributed by atoms with van der Waals surface area (Å²) >= 11 is 0. The predicted molar refractivity (Wildman–Crippen MR) is 39.1 cm³/mol. The van der Waals surface area contributed by atoms with Crippen LogP contribution in [0.15, 0.2) is 0 Å². The highest BCUT2D eigenvalue weighted by molar-refractivity contribution is 5.97. The third kappa shape index (κ3) is 0.418. The largest absolute Gasteiger partial charge is 0.363 e. The summed E-state index contributed by atoms with van der Waals surface area (Å²) in [5.74, 6) is 1.06. The van der Waals surface area contributed by atoms with Crippen molar-refractivity contribution in [3.05, 3.63) is 0 Å². The Hall–Kier alpha value is -0.370. The molecule has 2 aliphatic heterocycles. The Bertz CT molecular complexity index is 254. The van der Waals surface area contributed by atoms with Gasteiger partial charge in [0.15, 0.2) is 5.78 Å². The van der Waals surface area contributed by atoms with E-state index >= 15 is 0 Å².